The van der Waals surface area contributed by atoms with E-state index >= 15 is 0 Å². The standard InChI is InChI=1S/C19H24F3N3O5S.C11H13F2NO.C2H6/c1-13(2)23-30-15(4)11-18(26)24-9-10-25(14(3)12-24)31(27,28)17-7-5-16(6-8-17)29-19(20,21)22;1-2-11(12,13)10-5-3-9(4-6-10)7-14-8-15;1-2/h5-8,14H,4,9-12H2,1-3H3;3-6,8H,2,7H2,1H3,(H,14,15);1-2H3. The van der Waals surface area contributed by atoms with Crippen LogP contribution in [0.2, 0.25) is 0 Å². The topological polar surface area (TPSA) is 118 Å². The quantitative estimate of drug-likeness (QED) is 0.0876. The van der Waals surface area contributed by atoms with Crippen molar-refractivity contribution in [3.8, 4) is 5.75 Å². The highest BCUT2D eigenvalue weighted by molar-refractivity contribution is 7.89. The molecule has 268 valence electrons. The number of halogens is 5. The van der Waals surface area contributed by atoms with E-state index in [0.717, 1.165) is 29.8 Å². The molecule has 0 radical (unpaired) electrons. The summed E-state index contributed by atoms with van der Waals surface area (Å²) < 4.78 is 94.0. The molecule has 0 bridgehead atoms. The predicted molar refractivity (Wildman–Crippen MR) is 172 cm³/mol. The van der Waals surface area contributed by atoms with Crippen LogP contribution in [0.25, 0.3) is 0 Å². The van der Waals surface area contributed by atoms with E-state index < -0.39 is 34.1 Å². The minimum atomic E-state index is -4.87. The summed E-state index contributed by atoms with van der Waals surface area (Å²) in [6, 6.07) is 9.42. The molecule has 1 atom stereocenters. The van der Waals surface area contributed by atoms with Gasteiger partial charge in [0.2, 0.25) is 22.3 Å². The molecule has 0 aromatic heterocycles. The molecule has 1 N–H and O–H groups in total. The zero-order valence-corrected chi connectivity index (χ0v) is 28.6. The summed E-state index contributed by atoms with van der Waals surface area (Å²) in [5, 5.41) is 6.20. The van der Waals surface area contributed by atoms with Gasteiger partial charge >= 0.3 is 6.36 Å². The van der Waals surface area contributed by atoms with E-state index in [1.165, 1.54) is 28.3 Å². The summed E-state index contributed by atoms with van der Waals surface area (Å²) in [4.78, 5) is 28.8. The third-order valence-corrected chi connectivity index (χ3v) is 8.53. The summed E-state index contributed by atoms with van der Waals surface area (Å²) in [6.45, 7) is 14.9. The average molecular weight is 707 g/mol. The van der Waals surface area contributed by atoms with Gasteiger partial charge in [0.05, 0.1) is 17.0 Å². The number of hydrogen-bond acceptors (Lipinski definition) is 7. The van der Waals surface area contributed by atoms with Crippen LogP contribution in [0.15, 0.2) is 70.9 Å². The third kappa shape index (κ3) is 13.6. The number of amides is 2. The molecule has 48 heavy (non-hydrogen) atoms. The van der Waals surface area contributed by atoms with Gasteiger partial charge in [-0.3, -0.25) is 9.59 Å². The van der Waals surface area contributed by atoms with Crippen molar-refractivity contribution in [2.45, 2.75) is 84.2 Å². The number of piperazine rings is 1. The molecule has 2 amide bonds. The Kier molecular flexibility index (Phi) is 16.7. The Bertz CT molecular complexity index is 1460. The van der Waals surface area contributed by atoms with Crippen LogP contribution in [-0.2, 0) is 36.9 Å². The van der Waals surface area contributed by atoms with Gasteiger partial charge in [-0.25, -0.2) is 17.2 Å². The second kappa shape index (κ2) is 19.1. The molecule has 0 aliphatic carbocycles. The number of rotatable bonds is 12. The first kappa shape index (κ1) is 42.0. The summed E-state index contributed by atoms with van der Waals surface area (Å²) in [5.41, 5.74) is 1.48. The summed E-state index contributed by atoms with van der Waals surface area (Å²) in [6.07, 6.45) is -4.58. The van der Waals surface area contributed by atoms with Gasteiger partial charge in [0.15, 0.2) is 0 Å². The van der Waals surface area contributed by atoms with Crippen LogP contribution in [0.3, 0.4) is 0 Å². The molecule has 0 spiro atoms. The predicted octanol–water partition coefficient (Wildman–Crippen LogP) is 6.58. The monoisotopic (exact) mass is 706 g/mol. The van der Waals surface area contributed by atoms with Crippen molar-refractivity contribution in [3.63, 3.8) is 0 Å². The molecule has 16 heteroatoms. The lowest BCUT2D eigenvalue weighted by molar-refractivity contribution is -0.274. The fourth-order valence-corrected chi connectivity index (χ4v) is 5.79. The fraction of sp³-hybridized carbons (Fsp3) is 0.469. The lowest BCUT2D eigenvalue weighted by Gasteiger charge is -2.39. The van der Waals surface area contributed by atoms with E-state index in [-0.39, 0.29) is 54.6 Å². The second-order valence-corrected chi connectivity index (χ2v) is 12.3. The Morgan fingerprint density at radius 2 is 1.62 bits per heavy atom. The number of sulfonamides is 1. The normalized spacial score (nSPS) is 15.1. The molecule has 3 rings (SSSR count). The minimum absolute atomic E-state index is 0.0138. The van der Waals surface area contributed by atoms with Crippen LogP contribution >= 0.6 is 0 Å². The molecule has 1 unspecified atom stereocenters. The number of nitrogens with one attached hydrogen (secondary N) is 1. The number of nitrogens with zero attached hydrogens (tertiary/aromatic N) is 3. The van der Waals surface area contributed by atoms with E-state index in [1.54, 1.807) is 32.9 Å². The van der Waals surface area contributed by atoms with Gasteiger partial charge in [0, 0.05) is 44.2 Å². The molecular weight excluding hydrogens is 663 g/mol. The van der Waals surface area contributed by atoms with Gasteiger partial charge in [-0.15, -0.1) is 13.2 Å². The largest absolute Gasteiger partial charge is 0.573 e. The number of carbonyl (C=O) groups excluding carboxylic acids is 2. The number of alkyl halides is 5. The van der Waals surface area contributed by atoms with Crippen molar-refractivity contribution in [1.82, 2.24) is 14.5 Å². The van der Waals surface area contributed by atoms with Crippen molar-refractivity contribution in [3.05, 3.63) is 72.0 Å². The van der Waals surface area contributed by atoms with Crippen LogP contribution in [0, 0.1) is 0 Å². The molecule has 1 aliphatic heterocycles. The minimum Gasteiger partial charge on any atom is -0.406 e. The number of hydrogen-bond donors (Lipinski definition) is 1. The highest BCUT2D eigenvalue weighted by Gasteiger charge is 2.36. The number of benzene rings is 2. The van der Waals surface area contributed by atoms with Crippen LogP contribution in [0.4, 0.5) is 22.0 Å². The summed E-state index contributed by atoms with van der Waals surface area (Å²) in [5.74, 6) is -3.38. The molecule has 10 nitrogen and oxygen atoms in total. The van der Waals surface area contributed by atoms with Crippen LogP contribution in [-0.4, -0.2) is 67.7 Å². The van der Waals surface area contributed by atoms with E-state index in [1.807, 2.05) is 13.8 Å². The van der Waals surface area contributed by atoms with Crippen molar-refractivity contribution >= 4 is 28.1 Å². The summed E-state index contributed by atoms with van der Waals surface area (Å²) in [7, 11) is -3.96. The lowest BCUT2D eigenvalue weighted by Crippen LogP contribution is -2.55. The smallest absolute Gasteiger partial charge is 0.406 e. The molecule has 1 fully saturated rings. The number of carbonyl (C=O) groups is 2. The van der Waals surface area contributed by atoms with Gasteiger partial charge in [-0.05, 0) is 50.6 Å². The Morgan fingerprint density at radius 1 is 1.04 bits per heavy atom. The molecule has 2 aromatic carbocycles. The summed E-state index contributed by atoms with van der Waals surface area (Å²) >= 11 is 0. The van der Waals surface area contributed by atoms with Gasteiger partial charge in [0.25, 0.3) is 5.92 Å². The Balaban J connectivity index is 0.000000566. The van der Waals surface area contributed by atoms with E-state index in [4.69, 9.17) is 4.84 Å². The van der Waals surface area contributed by atoms with Gasteiger partial charge in [-0.1, -0.05) is 56.8 Å². The first-order chi connectivity index (χ1) is 22.4. The zero-order valence-electron chi connectivity index (χ0n) is 27.8. The molecule has 1 heterocycles. The first-order valence-corrected chi connectivity index (χ1v) is 16.5. The Labute approximate surface area is 278 Å². The molecule has 1 saturated heterocycles. The Hall–Kier alpha value is -4.05. The Morgan fingerprint density at radius 3 is 2.10 bits per heavy atom. The van der Waals surface area contributed by atoms with Crippen molar-refractivity contribution in [2.75, 3.05) is 19.6 Å². The number of oxime groups is 1. The molecule has 1 aliphatic rings. The lowest BCUT2D eigenvalue weighted by atomic mass is 10.0. The maximum Gasteiger partial charge on any atom is 0.573 e. The third-order valence-electron chi connectivity index (χ3n) is 6.50. The van der Waals surface area contributed by atoms with Gasteiger partial charge in [0.1, 0.15) is 11.5 Å². The highest BCUT2D eigenvalue weighted by Crippen LogP contribution is 2.31. The number of ether oxygens (including phenoxy) is 1. The van der Waals surface area contributed by atoms with Crippen LogP contribution in [0.5, 0.6) is 5.75 Å². The highest BCUT2D eigenvalue weighted by atomic mass is 32.2. The van der Waals surface area contributed by atoms with Crippen LogP contribution < -0.4 is 10.1 Å². The maximum atomic E-state index is 13.2. The van der Waals surface area contributed by atoms with Gasteiger partial charge < -0.3 is 19.8 Å². The van der Waals surface area contributed by atoms with Crippen molar-refractivity contribution in [2.24, 2.45) is 5.16 Å². The van der Waals surface area contributed by atoms with Crippen molar-refractivity contribution < 1.29 is 49.5 Å². The van der Waals surface area contributed by atoms with Gasteiger partial charge in [-0.2, -0.15) is 4.31 Å². The molecule has 2 aromatic rings. The zero-order chi connectivity index (χ0) is 36.7. The van der Waals surface area contributed by atoms with Crippen LogP contribution in [0.1, 0.15) is 65.5 Å². The second-order valence-electron chi connectivity index (χ2n) is 10.4. The SMILES string of the molecule is C=C(CC(=O)N1CCN(S(=O)(=O)c2ccc(OC(F)(F)F)cc2)C(C)C1)ON=C(C)C.CC.CCC(F)(F)c1ccc(CNC=O)cc1. The van der Waals surface area contributed by atoms with E-state index in [2.05, 4.69) is 21.8 Å². The first-order valence-electron chi connectivity index (χ1n) is 15.0. The fourth-order valence-electron chi connectivity index (χ4n) is 4.17. The molecular formula is C32H43F5N4O6S. The molecule has 0 saturated carbocycles. The van der Waals surface area contributed by atoms with E-state index in [9.17, 15) is 40.0 Å². The average Bonchev–Trinajstić information content (AvgIpc) is 3.03. The van der Waals surface area contributed by atoms with Crippen molar-refractivity contribution in [1.29, 1.82) is 0 Å². The maximum absolute atomic E-state index is 13.2. The van der Waals surface area contributed by atoms with E-state index in [0.29, 0.717) is 18.7 Å².